The van der Waals surface area contributed by atoms with Crippen molar-refractivity contribution < 1.29 is 19.0 Å². The fourth-order valence-corrected chi connectivity index (χ4v) is 1.27. The van der Waals surface area contributed by atoms with Crippen LogP contribution in [0.15, 0.2) is 11.8 Å². The van der Waals surface area contributed by atoms with Gasteiger partial charge in [-0.15, -0.1) is 0 Å². The molecule has 0 aromatic rings. The van der Waals surface area contributed by atoms with Crippen molar-refractivity contribution in [3.63, 3.8) is 0 Å². The van der Waals surface area contributed by atoms with E-state index in [-0.39, 0.29) is 6.61 Å². The van der Waals surface area contributed by atoms with Gasteiger partial charge in [0.2, 0.25) is 0 Å². The number of rotatable bonds is 4. The lowest BCUT2D eigenvalue weighted by atomic mass is 10.2. The molecule has 1 aliphatic rings. The van der Waals surface area contributed by atoms with E-state index in [0.29, 0.717) is 25.3 Å². The minimum atomic E-state index is -0.609. The van der Waals surface area contributed by atoms with Crippen molar-refractivity contribution in [3.05, 3.63) is 11.8 Å². The predicted octanol–water partition coefficient (Wildman–Crippen LogP) is 0.545. The molecule has 0 aliphatic carbocycles. The smallest absolute Gasteiger partial charge is 0.332 e. The largest absolute Gasteiger partial charge is 0.462 e. The zero-order valence-electron chi connectivity index (χ0n) is 9.12. The van der Waals surface area contributed by atoms with Gasteiger partial charge in [-0.2, -0.15) is 0 Å². The quantitative estimate of drug-likeness (QED) is 0.547. The van der Waals surface area contributed by atoms with Gasteiger partial charge in [-0.05, 0) is 13.8 Å². The van der Waals surface area contributed by atoms with Gasteiger partial charge in [0.1, 0.15) is 0 Å². The van der Waals surface area contributed by atoms with Crippen molar-refractivity contribution in [2.24, 2.45) is 5.73 Å². The molecule has 0 saturated carbocycles. The highest BCUT2D eigenvalue weighted by molar-refractivity contribution is 5.82. The van der Waals surface area contributed by atoms with E-state index in [0.717, 1.165) is 0 Å². The van der Waals surface area contributed by atoms with Crippen molar-refractivity contribution in [3.8, 4) is 0 Å². The minimum absolute atomic E-state index is 0.263. The van der Waals surface area contributed by atoms with E-state index in [2.05, 4.69) is 0 Å². The first-order valence-corrected chi connectivity index (χ1v) is 4.90. The molecule has 1 heterocycles. The highest BCUT2D eigenvalue weighted by Gasteiger charge is 2.30. The Morgan fingerprint density at radius 1 is 1.53 bits per heavy atom. The zero-order valence-corrected chi connectivity index (χ0v) is 9.12. The van der Waals surface area contributed by atoms with Gasteiger partial charge in [-0.3, -0.25) is 0 Å². The molecule has 0 bridgehead atoms. The first kappa shape index (κ1) is 12.0. The number of esters is 1. The molecule has 1 aliphatic heterocycles. The fourth-order valence-electron chi connectivity index (χ4n) is 1.27. The second kappa shape index (κ2) is 5.14. The summed E-state index contributed by atoms with van der Waals surface area (Å²) in [4.78, 5) is 11.1. The van der Waals surface area contributed by atoms with Gasteiger partial charge < -0.3 is 19.9 Å². The molecule has 1 rings (SSSR count). The van der Waals surface area contributed by atoms with Crippen LogP contribution in [0.2, 0.25) is 0 Å². The number of carbonyl (C=O) groups is 1. The molecule has 5 nitrogen and oxygen atoms in total. The monoisotopic (exact) mass is 215 g/mol. The van der Waals surface area contributed by atoms with Crippen molar-refractivity contribution in [1.29, 1.82) is 0 Å². The zero-order chi connectivity index (χ0) is 11.3. The van der Waals surface area contributed by atoms with E-state index in [1.807, 2.05) is 6.92 Å². The van der Waals surface area contributed by atoms with E-state index in [9.17, 15) is 4.79 Å². The molecule has 0 amide bonds. The third kappa shape index (κ3) is 4.31. The fraction of sp³-hybridized carbons (Fsp3) is 0.700. The molecule has 2 N–H and O–H groups in total. The van der Waals surface area contributed by atoms with Gasteiger partial charge in [-0.1, -0.05) is 0 Å². The van der Waals surface area contributed by atoms with Crippen molar-refractivity contribution >= 4 is 5.97 Å². The number of carbonyl (C=O) groups excluding carboxylic acids is 1. The Hall–Kier alpha value is -1.07. The lowest BCUT2D eigenvalue weighted by molar-refractivity contribution is -0.161. The third-order valence-corrected chi connectivity index (χ3v) is 2.04. The molecular formula is C10H17NO4. The molecule has 1 fully saturated rings. The Labute approximate surface area is 89.2 Å². The van der Waals surface area contributed by atoms with Crippen LogP contribution in [0.1, 0.15) is 20.3 Å². The minimum Gasteiger partial charge on any atom is -0.462 e. The van der Waals surface area contributed by atoms with Gasteiger partial charge in [0.25, 0.3) is 0 Å². The highest BCUT2D eigenvalue weighted by atomic mass is 16.7. The van der Waals surface area contributed by atoms with Crippen LogP contribution < -0.4 is 5.73 Å². The summed E-state index contributed by atoms with van der Waals surface area (Å²) in [5.41, 5.74) is 5.75. The maximum Gasteiger partial charge on any atom is 0.332 e. The molecule has 0 radical (unpaired) electrons. The van der Waals surface area contributed by atoms with Crippen LogP contribution in [0, 0.1) is 0 Å². The van der Waals surface area contributed by atoms with Crippen LogP contribution in [0.4, 0.5) is 0 Å². The molecule has 0 aromatic carbocycles. The Bertz CT molecular complexity index is 252. The Kier molecular flexibility index (Phi) is 4.11. The molecule has 0 unspecified atom stereocenters. The lowest BCUT2D eigenvalue weighted by Gasteiger charge is -2.21. The number of ether oxygens (including phenoxy) is 3. The molecular weight excluding hydrogens is 198 g/mol. The molecule has 0 spiro atoms. The summed E-state index contributed by atoms with van der Waals surface area (Å²) in [6.07, 6.45) is 1.77. The van der Waals surface area contributed by atoms with Crippen LogP contribution in [0.3, 0.4) is 0 Å². The molecule has 0 aromatic heterocycles. The first-order valence-electron chi connectivity index (χ1n) is 4.90. The van der Waals surface area contributed by atoms with Crippen LogP contribution >= 0.6 is 0 Å². The van der Waals surface area contributed by atoms with Gasteiger partial charge >= 0.3 is 5.97 Å². The predicted molar refractivity (Wildman–Crippen MR) is 53.8 cm³/mol. The Morgan fingerprint density at radius 3 is 2.67 bits per heavy atom. The Morgan fingerprint density at radius 2 is 2.13 bits per heavy atom. The van der Waals surface area contributed by atoms with Crippen LogP contribution in [0.5, 0.6) is 0 Å². The van der Waals surface area contributed by atoms with E-state index in [4.69, 9.17) is 19.9 Å². The molecule has 0 atom stereocenters. The number of hydrogen-bond donors (Lipinski definition) is 1. The SMILES string of the molecule is C/C(N)=C/C(=O)OCCC1(C)OCCO1. The number of nitrogens with two attached hydrogens (primary N) is 1. The summed E-state index contributed by atoms with van der Waals surface area (Å²) in [5, 5.41) is 0. The second-order valence-electron chi connectivity index (χ2n) is 3.64. The summed E-state index contributed by atoms with van der Waals surface area (Å²) in [7, 11) is 0. The van der Waals surface area contributed by atoms with Crippen molar-refractivity contribution in [2.45, 2.75) is 26.1 Å². The first-order chi connectivity index (χ1) is 7.02. The summed E-state index contributed by atoms with van der Waals surface area (Å²) in [5.74, 6) is -1.04. The average molecular weight is 215 g/mol. The Balaban J connectivity index is 2.21. The van der Waals surface area contributed by atoms with E-state index in [1.54, 1.807) is 6.92 Å². The number of hydrogen-bond acceptors (Lipinski definition) is 5. The standard InChI is InChI=1S/C10H17NO4/c1-8(11)7-9(12)13-4-3-10(2)14-5-6-15-10/h7H,3-6,11H2,1-2H3/b8-7-. The molecule has 86 valence electrons. The highest BCUT2D eigenvalue weighted by Crippen LogP contribution is 2.22. The maximum atomic E-state index is 11.1. The van der Waals surface area contributed by atoms with Gasteiger partial charge in [0.15, 0.2) is 5.79 Å². The van der Waals surface area contributed by atoms with Crippen LogP contribution in [-0.4, -0.2) is 31.6 Å². The van der Waals surface area contributed by atoms with E-state index in [1.165, 1.54) is 6.08 Å². The molecule has 15 heavy (non-hydrogen) atoms. The normalized spacial score (nSPS) is 20.3. The summed E-state index contributed by atoms with van der Waals surface area (Å²) in [6.45, 7) is 4.90. The van der Waals surface area contributed by atoms with Gasteiger partial charge in [-0.25, -0.2) is 4.79 Å². The van der Waals surface area contributed by atoms with Crippen molar-refractivity contribution in [1.82, 2.24) is 0 Å². The van der Waals surface area contributed by atoms with Crippen LogP contribution in [0.25, 0.3) is 0 Å². The topological polar surface area (TPSA) is 70.8 Å². The van der Waals surface area contributed by atoms with E-state index >= 15 is 0 Å². The van der Waals surface area contributed by atoms with Crippen LogP contribution in [-0.2, 0) is 19.0 Å². The second-order valence-corrected chi connectivity index (χ2v) is 3.64. The average Bonchev–Trinajstić information content (AvgIpc) is 2.51. The summed E-state index contributed by atoms with van der Waals surface area (Å²) >= 11 is 0. The van der Waals surface area contributed by atoms with Gasteiger partial charge in [0, 0.05) is 18.2 Å². The molecule has 5 heteroatoms. The van der Waals surface area contributed by atoms with E-state index < -0.39 is 11.8 Å². The number of allylic oxidation sites excluding steroid dienone is 1. The molecule has 1 saturated heterocycles. The summed E-state index contributed by atoms with van der Waals surface area (Å²) in [6, 6.07) is 0. The lowest BCUT2D eigenvalue weighted by Crippen LogP contribution is -2.27. The summed E-state index contributed by atoms with van der Waals surface area (Å²) < 4.78 is 15.6. The van der Waals surface area contributed by atoms with Gasteiger partial charge in [0.05, 0.1) is 19.8 Å². The third-order valence-electron chi connectivity index (χ3n) is 2.04. The maximum absolute atomic E-state index is 11.1. The van der Waals surface area contributed by atoms with Crippen molar-refractivity contribution in [2.75, 3.05) is 19.8 Å².